The van der Waals surface area contributed by atoms with Crippen molar-refractivity contribution in [2.75, 3.05) is 18.4 Å². The Labute approximate surface area is 200 Å². The average Bonchev–Trinajstić information content (AvgIpc) is 3.15. The van der Waals surface area contributed by atoms with E-state index in [0.717, 1.165) is 27.6 Å². The van der Waals surface area contributed by atoms with Crippen LogP contribution in [0.4, 0.5) is 11.4 Å². The molecule has 0 spiro atoms. The Morgan fingerprint density at radius 2 is 1.94 bits per heavy atom. The van der Waals surface area contributed by atoms with Gasteiger partial charge in [-0.05, 0) is 53.9 Å². The van der Waals surface area contributed by atoms with Crippen molar-refractivity contribution in [2.24, 2.45) is 5.73 Å². The lowest BCUT2D eigenvalue weighted by molar-refractivity contribution is 0.0930. The third kappa shape index (κ3) is 4.64. The van der Waals surface area contributed by atoms with Gasteiger partial charge >= 0.3 is 0 Å². The molecule has 4 rings (SSSR count). The SMILES string of the molecule is CC(C)(C)[Si](C)(C)Oc1cccc2cc(Nc3c(C(=O)NCCN)oc4cnccc34)ccc12. The monoisotopic (exact) mass is 476 g/mol. The highest BCUT2D eigenvalue weighted by Gasteiger charge is 2.39. The van der Waals surface area contributed by atoms with Crippen LogP contribution in [0.1, 0.15) is 31.3 Å². The van der Waals surface area contributed by atoms with Gasteiger partial charge in [0.25, 0.3) is 14.2 Å². The van der Waals surface area contributed by atoms with Crippen molar-refractivity contribution in [3.05, 3.63) is 60.6 Å². The number of nitrogens with zero attached hydrogens (tertiary/aromatic N) is 1. The summed E-state index contributed by atoms with van der Waals surface area (Å²) in [6, 6.07) is 14.0. The molecule has 0 aliphatic rings. The molecule has 0 saturated carbocycles. The highest BCUT2D eigenvalue weighted by Crippen LogP contribution is 2.40. The van der Waals surface area contributed by atoms with Crippen molar-refractivity contribution in [1.82, 2.24) is 10.3 Å². The van der Waals surface area contributed by atoms with Crippen molar-refractivity contribution in [3.63, 3.8) is 0 Å². The maximum absolute atomic E-state index is 12.7. The number of furan rings is 1. The zero-order chi connectivity index (χ0) is 24.5. The highest BCUT2D eigenvalue weighted by molar-refractivity contribution is 6.74. The molecule has 0 saturated heterocycles. The molecular formula is C26H32N4O3Si. The number of rotatable bonds is 7. The van der Waals surface area contributed by atoms with Gasteiger partial charge in [-0.3, -0.25) is 9.78 Å². The van der Waals surface area contributed by atoms with Crippen molar-refractivity contribution in [1.29, 1.82) is 0 Å². The van der Waals surface area contributed by atoms with E-state index in [2.05, 4.69) is 67.7 Å². The Bertz CT molecular complexity index is 1340. The van der Waals surface area contributed by atoms with Crippen molar-refractivity contribution >= 4 is 47.3 Å². The van der Waals surface area contributed by atoms with E-state index in [1.807, 2.05) is 24.3 Å². The number of hydrogen-bond acceptors (Lipinski definition) is 6. The van der Waals surface area contributed by atoms with E-state index in [4.69, 9.17) is 14.6 Å². The van der Waals surface area contributed by atoms with Crippen LogP contribution in [0.15, 0.2) is 59.3 Å². The summed E-state index contributed by atoms with van der Waals surface area (Å²) >= 11 is 0. The molecule has 1 amide bonds. The molecule has 0 radical (unpaired) electrons. The summed E-state index contributed by atoms with van der Waals surface area (Å²) in [6.07, 6.45) is 3.28. The Morgan fingerprint density at radius 1 is 1.15 bits per heavy atom. The predicted molar refractivity (Wildman–Crippen MR) is 140 cm³/mol. The number of anilines is 2. The zero-order valence-corrected chi connectivity index (χ0v) is 21.4. The van der Waals surface area contributed by atoms with Gasteiger partial charge in [-0.1, -0.05) is 32.9 Å². The van der Waals surface area contributed by atoms with Gasteiger partial charge in [-0.25, -0.2) is 0 Å². The molecule has 178 valence electrons. The maximum atomic E-state index is 12.7. The lowest BCUT2D eigenvalue weighted by Gasteiger charge is -2.36. The van der Waals surface area contributed by atoms with Crippen LogP contribution in [0.3, 0.4) is 0 Å². The molecule has 2 aromatic heterocycles. The fraction of sp³-hybridized carbons (Fsp3) is 0.308. The van der Waals surface area contributed by atoms with E-state index in [1.54, 1.807) is 12.4 Å². The number of aromatic nitrogens is 1. The minimum atomic E-state index is -1.98. The summed E-state index contributed by atoms with van der Waals surface area (Å²) < 4.78 is 12.4. The molecule has 7 nitrogen and oxygen atoms in total. The fourth-order valence-corrected chi connectivity index (χ4v) is 4.53. The Hall–Kier alpha value is -3.36. The second-order valence-electron chi connectivity index (χ2n) is 9.90. The first-order valence-electron chi connectivity index (χ1n) is 11.4. The number of pyridine rings is 1. The fourth-order valence-electron chi connectivity index (χ4n) is 3.49. The number of carbonyl (C=O) groups is 1. The smallest absolute Gasteiger partial charge is 0.289 e. The Kier molecular flexibility index (Phi) is 6.38. The minimum Gasteiger partial charge on any atom is -0.543 e. The van der Waals surface area contributed by atoms with Crippen LogP contribution in [0.2, 0.25) is 18.1 Å². The van der Waals surface area contributed by atoms with Crippen LogP contribution in [0, 0.1) is 0 Å². The Balaban J connectivity index is 1.70. The van der Waals surface area contributed by atoms with Gasteiger partial charge in [0.05, 0.1) is 11.9 Å². The number of nitrogens with two attached hydrogens (primary N) is 1. The Morgan fingerprint density at radius 3 is 2.68 bits per heavy atom. The summed E-state index contributed by atoms with van der Waals surface area (Å²) in [5, 5.41) is 9.16. The van der Waals surface area contributed by atoms with Crippen molar-refractivity contribution in [3.8, 4) is 5.75 Å². The molecule has 0 aliphatic carbocycles. The van der Waals surface area contributed by atoms with E-state index in [9.17, 15) is 4.79 Å². The number of nitrogens with one attached hydrogen (secondary N) is 2. The lowest BCUT2D eigenvalue weighted by Crippen LogP contribution is -2.43. The number of carbonyl (C=O) groups excluding carboxylic acids is 1. The summed E-state index contributed by atoms with van der Waals surface area (Å²) in [4.78, 5) is 16.8. The lowest BCUT2D eigenvalue weighted by atomic mass is 10.1. The zero-order valence-electron chi connectivity index (χ0n) is 20.4. The standard InChI is InChI=1S/C26H32N4O3Si/c1-26(2,3)34(4,5)33-21-8-6-7-17-15-18(9-10-19(17)21)30-23-20-11-13-28-16-22(20)32-24(23)25(31)29-14-12-27/h6-11,13,15-16,30H,12,14,27H2,1-5H3,(H,29,31). The minimum absolute atomic E-state index is 0.106. The van der Waals surface area contributed by atoms with E-state index >= 15 is 0 Å². The largest absolute Gasteiger partial charge is 0.543 e. The highest BCUT2D eigenvalue weighted by atomic mass is 28.4. The van der Waals surface area contributed by atoms with Crippen LogP contribution in [0.5, 0.6) is 5.75 Å². The number of hydrogen-bond donors (Lipinski definition) is 3. The molecule has 0 atom stereocenters. The van der Waals surface area contributed by atoms with Crippen LogP contribution >= 0.6 is 0 Å². The maximum Gasteiger partial charge on any atom is 0.289 e. The second kappa shape index (κ2) is 9.12. The first kappa shape index (κ1) is 23.8. The van der Waals surface area contributed by atoms with Gasteiger partial charge in [-0.2, -0.15) is 0 Å². The second-order valence-corrected chi connectivity index (χ2v) is 14.6. The molecule has 0 unspecified atom stereocenters. The van der Waals surface area contributed by atoms with Gasteiger partial charge in [0, 0.05) is 35.7 Å². The first-order chi connectivity index (χ1) is 16.1. The van der Waals surface area contributed by atoms with E-state index in [-0.39, 0.29) is 16.7 Å². The van der Waals surface area contributed by atoms with Gasteiger partial charge in [0.1, 0.15) is 5.75 Å². The molecular weight excluding hydrogens is 444 g/mol. The average molecular weight is 477 g/mol. The summed E-state index contributed by atoms with van der Waals surface area (Å²) in [5.41, 5.74) is 7.51. The molecule has 34 heavy (non-hydrogen) atoms. The number of benzene rings is 2. The summed E-state index contributed by atoms with van der Waals surface area (Å²) in [7, 11) is -1.98. The van der Waals surface area contributed by atoms with Gasteiger partial charge in [-0.15, -0.1) is 0 Å². The molecule has 4 N–H and O–H groups in total. The molecule has 0 bridgehead atoms. The summed E-state index contributed by atoms with van der Waals surface area (Å²) in [5.74, 6) is 0.777. The van der Waals surface area contributed by atoms with Crippen molar-refractivity contribution < 1.29 is 13.6 Å². The number of amides is 1. The van der Waals surface area contributed by atoms with Crippen LogP contribution in [0.25, 0.3) is 21.7 Å². The molecule has 4 aromatic rings. The van der Waals surface area contributed by atoms with E-state index in [1.165, 1.54) is 0 Å². The first-order valence-corrected chi connectivity index (χ1v) is 14.3. The third-order valence-corrected chi connectivity index (χ3v) is 10.8. The van der Waals surface area contributed by atoms with Crippen LogP contribution < -0.4 is 20.8 Å². The van der Waals surface area contributed by atoms with Crippen LogP contribution in [-0.2, 0) is 0 Å². The molecule has 2 heterocycles. The van der Waals surface area contributed by atoms with Gasteiger partial charge < -0.3 is 25.2 Å². The quantitative estimate of drug-likeness (QED) is 0.292. The number of fused-ring (bicyclic) bond motifs is 2. The van der Waals surface area contributed by atoms with E-state index < -0.39 is 8.32 Å². The molecule has 8 heteroatoms. The topological polar surface area (TPSA) is 102 Å². The normalized spacial score (nSPS) is 12.2. The summed E-state index contributed by atoms with van der Waals surface area (Å²) in [6.45, 7) is 11.9. The third-order valence-electron chi connectivity index (χ3n) is 6.41. The molecule has 2 aromatic carbocycles. The van der Waals surface area contributed by atoms with Gasteiger partial charge in [0.15, 0.2) is 5.58 Å². The van der Waals surface area contributed by atoms with Gasteiger partial charge in [0.2, 0.25) is 5.76 Å². The van der Waals surface area contributed by atoms with Crippen molar-refractivity contribution in [2.45, 2.75) is 38.9 Å². The molecule has 0 aliphatic heterocycles. The predicted octanol–water partition coefficient (Wildman–Crippen LogP) is 5.80. The van der Waals surface area contributed by atoms with E-state index in [0.29, 0.717) is 24.4 Å². The van der Waals surface area contributed by atoms with Crippen LogP contribution in [-0.4, -0.2) is 32.3 Å². The molecule has 0 fully saturated rings.